The van der Waals surface area contributed by atoms with Crippen molar-refractivity contribution in [2.45, 2.75) is 20.3 Å². The molecule has 0 aromatic carbocycles. The fourth-order valence-corrected chi connectivity index (χ4v) is 2.54. The summed E-state index contributed by atoms with van der Waals surface area (Å²) in [5.74, 6) is 0. The summed E-state index contributed by atoms with van der Waals surface area (Å²) in [5, 5.41) is 5.06. The highest BCUT2D eigenvalue weighted by Gasteiger charge is 2.11. The van der Waals surface area contributed by atoms with Gasteiger partial charge in [-0.05, 0) is 13.3 Å². The number of hydrogen-bond donors (Lipinski definition) is 0. The van der Waals surface area contributed by atoms with Gasteiger partial charge in [0.25, 0.3) is 5.56 Å². The van der Waals surface area contributed by atoms with Gasteiger partial charge in [-0.3, -0.25) is 4.79 Å². The molecular weight excluding hydrogens is 248 g/mol. The Bertz CT molecular complexity index is 643. The summed E-state index contributed by atoms with van der Waals surface area (Å²) < 4.78 is 1.36. The zero-order valence-corrected chi connectivity index (χ0v) is 11.6. The lowest BCUT2D eigenvalue weighted by Crippen LogP contribution is -2.20. The highest BCUT2D eigenvalue weighted by Crippen LogP contribution is 2.20. The number of hydrogen-bond acceptors (Lipinski definition) is 5. The fraction of sp³-hybridized carbons (Fsp3) is 0.417. The maximum Gasteiger partial charge on any atom is 0.275 e. The summed E-state index contributed by atoms with van der Waals surface area (Å²) >= 11 is 1.42. The van der Waals surface area contributed by atoms with Crippen LogP contribution in [0.15, 0.2) is 23.0 Å². The summed E-state index contributed by atoms with van der Waals surface area (Å²) in [6.07, 6.45) is 0.751. The van der Waals surface area contributed by atoms with Crippen LogP contribution in [0.25, 0.3) is 4.96 Å². The van der Waals surface area contributed by atoms with Gasteiger partial charge < -0.3 is 4.90 Å². The van der Waals surface area contributed by atoms with Crippen LogP contribution in [0.2, 0.25) is 0 Å². The summed E-state index contributed by atoms with van der Waals surface area (Å²) in [7, 11) is 1.93. The Morgan fingerprint density at radius 3 is 2.94 bits per heavy atom. The van der Waals surface area contributed by atoms with E-state index in [1.807, 2.05) is 25.8 Å². The molecule has 5 nitrogen and oxygen atoms in total. The van der Waals surface area contributed by atoms with Gasteiger partial charge in [-0.1, -0.05) is 30.4 Å². The van der Waals surface area contributed by atoms with Gasteiger partial charge in [0.2, 0.25) is 10.1 Å². The molecule has 0 aliphatic rings. The maximum absolute atomic E-state index is 11.8. The van der Waals surface area contributed by atoms with E-state index in [2.05, 4.69) is 16.7 Å². The number of rotatable bonds is 4. The Kier molecular flexibility index (Phi) is 3.47. The highest BCUT2D eigenvalue weighted by atomic mass is 32.1. The number of aryl methyl sites for hydroxylation is 1. The van der Waals surface area contributed by atoms with E-state index < -0.39 is 0 Å². The second-order valence-electron chi connectivity index (χ2n) is 4.33. The topological polar surface area (TPSA) is 50.5 Å². The van der Waals surface area contributed by atoms with Crippen LogP contribution in [0.3, 0.4) is 0 Å². The van der Waals surface area contributed by atoms with Crippen LogP contribution < -0.4 is 10.5 Å². The molecule has 0 saturated carbocycles. The van der Waals surface area contributed by atoms with Crippen LogP contribution >= 0.6 is 11.3 Å². The molecule has 0 saturated heterocycles. The van der Waals surface area contributed by atoms with E-state index >= 15 is 0 Å². The first-order chi connectivity index (χ1) is 8.51. The van der Waals surface area contributed by atoms with Crippen molar-refractivity contribution in [2.24, 2.45) is 0 Å². The lowest BCUT2D eigenvalue weighted by molar-refractivity contribution is 0.852. The normalized spacial score (nSPS) is 10.8. The second kappa shape index (κ2) is 4.89. The van der Waals surface area contributed by atoms with Gasteiger partial charge in [-0.2, -0.15) is 4.52 Å². The molecule has 0 aliphatic heterocycles. The predicted octanol–water partition coefficient (Wildman–Crippen LogP) is 1.73. The van der Waals surface area contributed by atoms with E-state index in [1.165, 1.54) is 21.9 Å². The molecule has 0 bridgehead atoms. The Morgan fingerprint density at radius 1 is 1.61 bits per heavy atom. The molecule has 2 rings (SSSR count). The third kappa shape index (κ3) is 2.43. The summed E-state index contributed by atoms with van der Waals surface area (Å²) in [4.78, 5) is 18.9. The van der Waals surface area contributed by atoms with Crippen LogP contribution in [-0.4, -0.2) is 28.2 Å². The number of fused-ring (bicyclic) bond motifs is 1. The average molecular weight is 264 g/mol. The van der Waals surface area contributed by atoms with Crippen molar-refractivity contribution in [3.8, 4) is 0 Å². The standard InChI is InChI=1S/C12H16N4OS/c1-5-9-6-10(17)16-11(13-9)18-12(14-16)15(4)7-8(2)3/h6H,2,5,7H2,1,3-4H3. The van der Waals surface area contributed by atoms with Crippen LogP contribution in [0, 0.1) is 0 Å². The molecule has 0 radical (unpaired) electrons. The largest absolute Gasteiger partial charge is 0.346 e. The summed E-state index contributed by atoms with van der Waals surface area (Å²) in [5.41, 5.74) is 1.73. The van der Waals surface area contributed by atoms with Gasteiger partial charge in [-0.15, -0.1) is 5.10 Å². The van der Waals surface area contributed by atoms with E-state index in [-0.39, 0.29) is 5.56 Å². The minimum Gasteiger partial charge on any atom is -0.346 e. The van der Waals surface area contributed by atoms with Gasteiger partial charge in [0.1, 0.15) is 0 Å². The third-order valence-electron chi connectivity index (χ3n) is 2.48. The van der Waals surface area contributed by atoms with Crippen molar-refractivity contribution in [1.82, 2.24) is 14.6 Å². The van der Waals surface area contributed by atoms with Crippen molar-refractivity contribution in [2.75, 3.05) is 18.5 Å². The van der Waals surface area contributed by atoms with E-state index in [1.54, 1.807) is 0 Å². The molecule has 18 heavy (non-hydrogen) atoms. The Hall–Kier alpha value is -1.69. The highest BCUT2D eigenvalue weighted by molar-refractivity contribution is 7.20. The SMILES string of the molecule is C=C(C)CN(C)c1nn2c(=O)cc(CC)nc2s1. The molecule has 0 unspecified atom stereocenters. The first kappa shape index (κ1) is 12.8. The molecule has 0 atom stereocenters. The fourth-order valence-electron chi connectivity index (χ4n) is 1.65. The van der Waals surface area contributed by atoms with Gasteiger partial charge in [0, 0.05) is 25.4 Å². The number of anilines is 1. The van der Waals surface area contributed by atoms with Crippen LogP contribution in [-0.2, 0) is 6.42 Å². The number of aromatic nitrogens is 3. The van der Waals surface area contributed by atoms with Crippen molar-refractivity contribution in [1.29, 1.82) is 0 Å². The number of likely N-dealkylation sites (N-methyl/N-ethyl adjacent to an activating group) is 1. The average Bonchev–Trinajstić information content (AvgIpc) is 2.72. The van der Waals surface area contributed by atoms with E-state index in [0.29, 0.717) is 4.96 Å². The lowest BCUT2D eigenvalue weighted by atomic mass is 10.3. The van der Waals surface area contributed by atoms with Crippen molar-refractivity contribution in [3.05, 3.63) is 34.3 Å². The van der Waals surface area contributed by atoms with Crippen molar-refractivity contribution in [3.63, 3.8) is 0 Å². The number of nitrogens with zero attached hydrogens (tertiary/aromatic N) is 4. The first-order valence-corrected chi connectivity index (χ1v) is 6.58. The molecule has 0 spiro atoms. The minimum atomic E-state index is -0.122. The third-order valence-corrected chi connectivity index (χ3v) is 3.51. The maximum atomic E-state index is 11.8. The molecule has 0 aliphatic carbocycles. The lowest BCUT2D eigenvalue weighted by Gasteiger charge is -2.13. The van der Waals surface area contributed by atoms with Gasteiger partial charge in [-0.25, -0.2) is 4.98 Å². The van der Waals surface area contributed by atoms with Crippen LogP contribution in [0.5, 0.6) is 0 Å². The summed E-state index contributed by atoms with van der Waals surface area (Å²) in [6.45, 7) is 8.53. The molecule has 2 aromatic rings. The molecule has 6 heteroatoms. The Morgan fingerprint density at radius 2 is 2.33 bits per heavy atom. The molecule has 2 heterocycles. The molecule has 0 N–H and O–H groups in total. The van der Waals surface area contributed by atoms with E-state index in [0.717, 1.165) is 29.4 Å². The van der Waals surface area contributed by atoms with E-state index in [4.69, 9.17) is 0 Å². The van der Waals surface area contributed by atoms with Crippen molar-refractivity contribution < 1.29 is 0 Å². The van der Waals surface area contributed by atoms with Gasteiger partial charge in [0.05, 0.1) is 0 Å². The van der Waals surface area contributed by atoms with Gasteiger partial charge in [0.15, 0.2) is 0 Å². The zero-order chi connectivity index (χ0) is 13.3. The molecular formula is C12H16N4OS. The predicted molar refractivity (Wildman–Crippen MR) is 74.6 cm³/mol. The van der Waals surface area contributed by atoms with Crippen LogP contribution in [0.4, 0.5) is 5.13 Å². The smallest absolute Gasteiger partial charge is 0.275 e. The van der Waals surface area contributed by atoms with Crippen molar-refractivity contribution >= 4 is 21.4 Å². The Labute approximate surface area is 109 Å². The van der Waals surface area contributed by atoms with Gasteiger partial charge >= 0.3 is 0 Å². The molecule has 0 fully saturated rings. The second-order valence-corrected chi connectivity index (χ2v) is 5.27. The molecule has 0 amide bonds. The summed E-state index contributed by atoms with van der Waals surface area (Å²) in [6, 6.07) is 1.54. The zero-order valence-electron chi connectivity index (χ0n) is 10.8. The molecule has 2 aromatic heterocycles. The first-order valence-electron chi connectivity index (χ1n) is 5.76. The Balaban J connectivity index is 2.47. The monoisotopic (exact) mass is 264 g/mol. The minimum absolute atomic E-state index is 0.122. The van der Waals surface area contributed by atoms with E-state index in [9.17, 15) is 4.79 Å². The quantitative estimate of drug-likeness (QED) is 0.789. The molecule has 96 valence electrons. The van der Waals surface area contributed by atoms with Crippen LogP contribution in [0.1, 0.15) is 19.5 Å².